The number of likely N-dealkylation sites (tertiary alicyclic amines) is 2. The average molecular weight is 446 g/mol. The molecule has 0 aliphatic carbocycles. The minimum atomic E-state index is 0.0229. The maximum absolute atomic E-state index is 13.0. The summed E-state index contributed by atoms with van der Waals surface area (Å²) < 4.78 is 5.30. The van der Waals surface area contributed by atoms with Crippen LogP contribution in [0.3, 0.4) is 0 Å². The van der Waals surface area contributed by atoms with E-state index in [9.17, 15) is 4.79 Å². The Morgan fingerprint density at radius 1 is 1.12 bits per heavy atom. The van der Waals surface area contributed by atoms with Gasteiger partial charge in [0.25, 0.3) is 0 Å². The summed E-state index contributed by atoms with van der Waals surface area (Å²) >= 11 is 0. The molecule has 1 aromatic heterocycles. The van der Waals surface area contributed by atoms with E-state index in [-0.39, 0.29) is 17.2 Å². The van der Waals surface area contributed by atoms with E-state index in [1.54, 1.807) is 7.11 Å². The fourth-order valence-corrected chi connectivity index (χ4v) is 5.35. The fraction of sp³-hybridized carbons (Fsp3) is 0.423. The molecule has 33 heavy (non-hydrogen) atoms. The Morgan fingerprint density at radius 2 is 1.91 bits per heavy atom. The number of carbonyl (C=O) groups is 1. The van der Waals surface area contributed by atoms with E-state index in [1.807, 2.05) is 36.1 Å². The molecule has 7 heteroatoms. The highest BCUT2D eigenvalue weighted by atomic mass is 16.5. The molecule has 172 valence electrons. The zero-order valence-corrected chi connectivity index (χ0v) is 19.3. The Hall–Kier alpha value is -3.19. The predicted octanol–water partition coefficient (Wildman–Crippen LogP) is 3.18. The van der Waals surface area contributed by atoms with E-state index in [0.717, 1.165) is 62.1 Å². The molecule has 7 nitrogen and oxygen atoms in total. The van der Waals surface area contributed by atoms with Crippen molar-refractivity contribution < 1.29 is 9.53 Å². The van der Waals surface area contributed by atoms with Crippen LogP contribution in [0.5, 0.6) is 5.75 Å². The van der Waals surface area contributed by atoms with Crippen molar-refractivity contribution in [2.24, 2.45) is 5.41 Å². The Bertz CT molecular complexity index is 1110. The van der Waals surface area contributed by atoms with Crippen LogP contribution in [0.15, 0.2) is 54.6 Å². The maximum atomic E-state index is 13.0. The number of benzene rings is 2. The molecule has 0 saturated carbocycles. The number of aromatic nitrogens is 3. The van der Waals surface area contributed by atoms with Crippen molar-refractivity contribution in [1.29, 1.82) is 0 Å². The van der Waals surface area contributed by atoms with Gasteiger partial charge in [0, 0.05) is 50.5 Å². The third kappa shape index (κ3) is 4.50. The van der Waals surface area contributed by atoms with Gasteiger partial charge in [-0.2, -0.15) is 5.10 Å². The van der Waals surface area contributed by atoms with Gasteiger partial charge in [-0.05, 0) is 36.6 Å². The number of amides is 1. The number of methoxy groups -OCH3 is 1. The van der Waals surface area contributed by atoms with Gasteiger partial charge in [-0.25, -0.2) is 4.98 Å². The first-order valence-corrected chi connectivity index (χ1v) is 11.6. The smallest absolute Gasteiger partial charge is 0.222 e. The van der Waals surface area contributed by atoms with Crippen LogP contribution in [0.25, 0.3) is 0 Å². The number of rotatable bonds is 7. The molecule has 1 atom stereocenters. The molecule has 3 aromatic rings. The van der Waals surface area contributed by atoms with Gasteiger partial charge in [-0.3, -0.25) is 14.8 Å². The third-order valence-electron chi connectivity index (χ3n) is 7.02. The summed E-state index contributed by atoms with van der Waals surface area (Å²) in [6, 6.07) is 18.5. The van der Waals surface area contributed by atoms with Crippen molar-refractivity contribution >= 4 is 5.91 Å². The number of H-pyrrole nitrogens is 1. The standard InChI is InChI=1S/C26H31N5O2/c1-19-27-25(29-28-19)23-15-30(14-21-7-4-3-5-8-21)16-26(23)17-31(18-26)24(32)12-11-20-9-6-10-22(13-20)33-2/h3-10,13,23H,11-12,14-18H2,1-2H3,(H,27,28,29). The van der Waals surface area contributed by atoms with E-state index < -0.39 is 0 Å². The zero-order valence-electron chi connectivity index (χ0n) is 19.3. The number of carbonyl (C=O) groups excluding carboxylic acids is 1. The monoisotopic (exact) mass is 445 g/mol. The van der Waals surface area contributed by atoms with Crippen LogP contribution < -0.4 is 4.74 Å². The van der Waals surface area contributed by atoms with Crippen LogP contribution in [0.4, 0.5) is 0 Å². The lowest BCUT2D eigenvalue weighted by atomic mass is 9.71. The lowest BCUT2D eigenvalue weighted by Crippen LogP contribution is -2.61. The zero-order chi connectivity index (χ0) is 22.8. The highest BCUT2D eigenvalue weighted by Gasteiger charge is 2.56. The van der Waals surface area contributed by atoms with Gasteiger partial charge in [0.1, 0.15) is 11.6 Å². The maximum Gasteiger partial charge on any atom is 0.222 e. The number of aromatic amines is 1. The fourth-order valence-electron chi connectivity index (χ4n) is 5.35. The molecule has 2 aliphatic rings. The molecule has 0 bridgehead atoms. The van der Waals surface area contributed by atoms with Gasteiger partial charge in [0.15, 0.2) is 5.82 Å². The highest BCUT2D eigenvalue weighted by Crippen LogP contribution is 2.48. The van der Waals surface area contributed by atoms with Crippen LogP contribution >= 0.6 is 0 Å². The molecular formula is C26H31N5O2. The van der Waals surface area contributed by atoms with Crippen LogP contribution in [-0.2, 0) is 17.8 Å². The first-order chi connectivity index (χ1) is 16.0. The molecule has 2 fully saturated rings. The van der Waals surface area contributed by atoms with E-state index in [0.29, 0.717) is 6.42 Å². The van der Waals surface area contributed by atoms with Crippen molar-refractivity contribution in [3.05, 3.63) is 77.4 Å². The normalized spacial score (nSPS) is 19.6. The second-order valence-electron chi connectivity index (χ2n) is 9.45. The van der Waals surface area contributed by atoms with Gasteiger partial charge >= 0.3 is 0 Å². The second kappa shape index (κ2) is 8.98. The first kappa shape index (κ1) is 21.6. The minimum absolute atomic E-state index is 0.0229. The number of nitrogens with one attached hydrogen (secondary N) is 1. The van der Waals surface area contributed by atoms with Crippen molar-refractivity contribution in [2.45, 2.75) is 32.2 Å². The third-order valence-corrected chi connectivity index (χ3v) is 7.02. The molecule has 2 saturated heterocycles. The summed E-state index contributed by atoms with van der Waals surface area (Å²) in [7, 11) is 1.67. The quantitative estimate of drug-likeness (QED) is 0.605. The largest absolute Gasteiger partial charge is 0.497 e. The second-order valence-corrected chi connectivity index (χ2v) is 9.45. The van der Waals surface area contributed by atoms with Crippen molar-refractivity contribution in [3.8, 4) is 5.75 Å². The summed E-state index contributed by atoms with van der Waals surface area (Å²) in [5.74, 6) is 3.00. The molecule has 2 aromatic carbocycles. The van der Waals surface area contributed by atoms with Gasteiger partial charge in [0.05, 0.1) is 7.11 Å². The number of hydrogen-bond acceptors (Lipinski definition) is 5. The van der Waals surface area contributed by atoms with Crippen molar-refractivity contribution in [2.75, 3.05) is 33.3 Å². The molecule has 2 aliphatic heterocycles. The number of nitrogens with zero attached hydrogens (tertiary/aromatic N) is 4. The van der Waals surface area contributed by atoms with Crippen molar-refractivity contribution in [1.82, 2.24) is 25.0 Å². The number of hydrogen-bond donors (Lipinski definition) is 1. The highest BCUT2D eigenvalue weighted by molar-refractivity contribution is 5.77. The van der Waals surface area contributed by atoms with E-state index >= 15 is 0 Å². The van der Waals surface area contributed by atoms with Gasteiger partial charge < -0.3 is 9.64 Å². The molecule has 5 rings (SSSR count). The van der Waals surface area contributed by atoms with Crippen LogP contribution in [0.1, 0.15) is 35.1 Å². The van der Waals surface area contributed by atoms with Gasteiger partial charge in [-0.15, -0.1) is 0 Å². The molecule has 1 N–H and O–H groups in total. The molecule has 0 radical (unpaired) electrons. The SMILES string of the molecule is COc1cccc(CCC(=O)N2CC3(CN(Cc4ccccc4)CC3c3n[nH]c(C)n3)C2)c1. The van der Waals surface area contributed by atoms with E-state index in [2.05, 4.69) is 50.4 Å². The predicted molar refractivity (Wildman–Crippen MR) is 126 cm³/mol. The minimum Gasteiger partial charge on any atom is -0.497 e. The summed E-state index contributed by atoms with van der Waals surface area (Å²) in [6.07, 6.45) is 1.24. The summed E-state index contributed by atoms with van der Waals surface area (Å²) in [5.41, 5.74) is 2.46. The Morgan fingerprint density at radius 3 is 2.64 bits per heavy atom. The molecule has 1 unspecified atom stereocenters. The molecule has 1 spiro atoms. The topological polar surface area (TPSA) is 74.3 Å². The van der Waals surface area contributed by atoms with Crippen LogP contribution in [0.2, 0.25) is 0 Å². The molecule has 3 heterocycles. The molecular weight excluding hydrogens is 414 g/mol. The van der Waals surface area contributed by atoms with Gasteiger partial charge in [0.2, 0.25) is 5.91 Å². The van der Waals surface area contributed by atoms with E-state index in [4.69, 9.17) is 4.74 Å². The van der Waals surface area contributed by atoms with Crippen LogP contribution in [0, 0.1) is 12.3 Å². The Balaban J connectivity index is 1.24. The van der Waals surface area contributed by atoms with Gasteiger partial charge in [-0.1, -0.05) is 42.5 Å². The summed E-state index contributed by atoms with van der Waals surface area (Å²) in [6.45, 7) is 6.26. The van der Waals surface area contributed by atoms with Crippen LogP contribution in [-0.4, -0.2) is 64.2 Å². The summed E-state index contributed by atoms with van der Waals surface area (Å²) in [4.78, 5) is 22.1. The molecule has 1 amide bonds. The lowest BCUT2D eigenvalue weighted by molar-refractivity contribution is -0.143. The van der Waals surface area contributed by atoms with Crippen molar-refractivity contribution in [3.63, 3.8) is 0 Å². The number of aryl methyl sites for hydroxylation is 2. The number of ether oxygens (including phenoxy) is 1. The van der Waals surface area contributed by atoms with E-state index in [1.165, 1.54) is 5.56 Å². The Kier molecular flexibility index (Phi) is 5.89. The lowest BCUT2D eigenvalue weighted by Gasteiger charge is -2.50. The average Bonchev–Trinajstić information content (AvgIpc) is 3.41. The Labute approximate surface area is 194 Å². The first-order valence-electron chi connectivity index (χ1n) is 11.6. The summed E-state index contributed by atoms with van der Waals surface area (Å²) in [5, 5.41) is 7.51.